The molecule has 0 radical (unpaired) electrons. The van der Waals surface area contributed by atoms with E-state index in [1.807, 2.05) is 0 Å². The van der Waals surface area contributed by atoms with Crippen molar-refractivity contribution in [3.8, 4) is 0 Å². The Balaban J connectivity index is 1.46. The molecule has 0 aromatic heterocycles. The number of ether oxygens (including phenoxy) is 1. The number of piperazine rings is 1. The number of methoxy groups -OCH3 is 1. The summed E-state index contributed by atoms with van der Waals surface area (Å²) in [6, 6.07) is 20.6. The number of nitrogens with zero attached hydrogens (tertiary/aromatic N) is 1. The largest absolute Gasteiger partial charge is 0.453 e. The van der Waals surface area contributed by atoms with Crippen LogP contribution in [0.25, 0.3) is 0 Å². The van der Waals surface area contributed by atoms with Crippen molar-refractivity contribution in [3.05, 3.63) is 131 Å². The molecule has 9 nitrogen and oxygen atoms in total. The molecule has 258 valence electrons. The molecule has 1 saturated heterocycles. The molecule has 3 atom stereocenters. The summed E-state index contributed by atoms with van der Waals surface area (Å²) >= 11 is 0. The van der Waals surface area contributed by atoms with Gasteiger partial charge in [-0.2, -0.15) is 4.31 Å². The number of hydrogen-bond acceptors (Lipinski definition) is 6. The summed E-state index contributed by atoms with van der Waals surface area (Å²) in [7, 11) is -2.77. The minimum Gasteiger partial charge on any atom is -0.453 e. The average molecular weight is 695 g/mol. The van der Waals surface area contributed by atoms with Crippen LogP contribution in [0.15, 0.2) is 102 Å². The fourth-order valence-electron chi connectivity index (χ4n) is 6.29. The van der Waals surface area contributed by atoms with Crippen LogP contribution in [0.1, 0.15) is 36.0 Å². The molecule has 0 spiro atoms. The second-order valence-corrected chi connectivity index (χ2v) is 13.6. The van der Waals surface area contributed by atoms with Crippen molar-refractivity contribution < 1.29 is 35.9 Å². The van der Waals surface area contributed by atoms with E-state index in [1.165, 1.54) is 71.0 Å². The van der Waals surface area contributed by atoms with E-state index in [2.05, 4.69) is 16.0 Å². The standard InChI is InChI=1S/C36H37F3N4O5S/c1-23-21-40-22-28(43(23)49(46,47)29-13-4-3-5-14-29)17-18-30-31(39)15-8-16-32(30)41-35(44)34(42-36(45)48-2)33(24-9-6-11-26(37)19-24)25-10-7-12-27(38)20-25/h3-16,19-20,23,28,33-34,40H,17-18,21-22H2,1-2H3,(H,41,44)(H,42,45)/t23-,28+,34?/m1/s1. The molecule has 1 aliphatic heterocycles. The monoisotopic (exact) mass is 694 g/mol. The molecule has 0 bridgehead atoms. The fourth-order valence-corrected chi connectivity index (χ4v) is 8.16. The number of sulfonamides is 1. The highest BCUT2D eigenvalue weighted by molar-refractivity contribution is 7.89. The van der Waals surface area contributed by atoms with Gasteiger partial charge in [0.2, 0.25) is 15.9 Å². The lowest BCUT2D eigenvalue weighted by Gasteiger charge is -2.40. The molecule has 13 heteroatoms. The number of hydrogen-bond donors (Lipinski definition) is 3. The third-order valence-corrected chi connectivity index (χ3v) is 10.6. The fraction of sp³-hybridized carbons (Fsp3) is 0.278. The van der Waals surface area contributed by atoms with Gasteiger partial charge in [-0.1, -0.05) is 48.5 Å². The SMILES string of the molecule is COC(=O)NC(C(=O)Nc1cccc(F)c1CC[C@H]1CNC[C@@H](C)N1S(=O)(=O)c1ccccc1)C(c1cccc(F)c1)c1cccc(F)c1. The van der Waals surface area contributed by atoms with Gasteiger partial charge in [-0.05, 0) is 79.4 Å². The molecule has 1 unspecified atom stereocenters. The Bertz CT molecular complexity index is 1850. The van der Waals surface area contributed by atoms with E-state index >= 15 is 4.39 Å². The van der Waals surface area contributed by atoms with Gasteiger partial charge in [0.05, 0.1) is 12.0 Å². The zero-order valence-electron chi connectivity index (χ0n) is 26.9. The van der Waals surface area contributed by atoms with Crippen LogP contribution in [0.3, 0.4) is 0 Å². The minimum absolute atomic E-state index is 0.0501. The first-order valence-corrected chi connectivity index (χ1v) is 17.2. The highest BCUT2D eigenvalue weighted by Crippen LogP contribution is 2.32. The van der Waals surface area contributed by atoms with Crippen LogP contribution in [-0.4, -0.2) is 63.0 Å². The van der Waals surface area contributed by atoms with E-state index in [0.717, 1.165) is 7.11 Å². The Hall–Kier alpha value is -4.72. The van der Waals surface area contributed by atoms with Crippen molar-refractivity contribution in [1.29, 1.82) is 0 Å². The van der Waals surface area contributed by atoms with Crippen LogP contribution in [0.2, 0.25) is 0 Å². The summed E-state index contributed by atoms with van der Waals surface area (Å²) < 4.78 is 78.0. The highest BCUT2D eigenvalue weighted by Gasteiger charge is 2.38. The zero-order valence-corrected chi connectivity index (χ0v) is 27.7. The summed E-state index contributed by atoms with van der Waals surface area (Å²) in [5.74, 6) is -3.75. The van der Waals surface area contributed by atoms with Gasteiger partial charge in [0.15, 0.2) is 0 Å². The number of alkyl carbamates (subject to hydrolysis) is 1. The predicted molar refractivity (Wildman–Crippen MR) is 179 cm³/mol. The van der Waals surface area contributed by atoms with Crippen molar-refractivity contribution >= 4 is 27.7 Å². The summed E-state index contributed by atoms with van der Waals surface area (Å²) in [6.45, 7) is 2.58. The second-order valence-electron chi connectivity index (χ2n) is 11.8. The van der Waals surface area contributed by atoms with E-state index in [0.29, 0.717) is 13.1 Å². The maximum atomic E-state index is 15.5. The molecular weight excluding hydrogens is 657 g/mol. The first-order chi connectivity index (χ1) is 23.5. The number of rotatable bonds is 11. The van der Waals surface area contributed by atoms with Crippen LogP contribution in [0.5, 0.6) is 0 Å². The van der Waals surface area contributed by atoms with Gasteiger partial charge in [-0.25, -0.2) is 26.4 Å². The summed E-state index contributed by atoms with van der Waals surface area (Å²) in [5, 5.41) is 8.45. The van der Waals surface area contributed by atoms with Crippen LogP contribution in [0.4, 0.5) is 23.7 Å². The van der Waals surface area contributed by atoms with Crippen molar-refractivity contribution in [2.24, 2.45) is 0 Å². The lowest BCUT2D eigenvalue weighted by Crippen LogP contribution is -2.58. The zero-order chi connectivity index (χ0) is 35.1. The van der Waals surface area contributed by atoms with Gasteiger partial charge in [0, 0.05) is 42.3 Å². The maximum Gasteiger partial charge on any atom is 0.407 e. The predicted octanol–water partition coefficient (Wildman–Crippen LogP) is 5.58. The van der Waals surface area contributed by atoms with Crippen molar-refractivity contribution in [2.75, 3.05) is 25.5 Å². The van der Waals surface area contributed by atoms with Crippen molar-refractivity contribution in [3.63, 3.8) is 0 Å². The smallest absolute Gasteiger partial charge is 0.407 e. The number of amides is 2. The normalized spacial score (nSPS) is 17.3. The third kappa shape index (κ3) is 8.30. The maximum absolute atomic E-state index is 15.5. The van der Waals surface area contributed by atoms with Gasteiger partial charge < -0.3 is 20.7 Å². The van der Waals surface area contributed by atoms with Gasteiger partial charge in [0.1, 0.15) is 23.5 Å². The highest BCUT2D eigenvalue weighted by atomic mass is 32.2. The number of halogens is 3. The lowest BCUT2D eigenvalue weighted by molar-refractivity contribution is -0.118. The summed E-state index contributed by atoms with van der Waals surface area (Å²) in [5.41, 5.74) is 0.740. The van der Waals surface area contributed by atoms with E-state index in [9.17, 15) is 26.8 Å². The molecule has 1 aliphatic rings. The van der Waals surface area contributed by atoms with Gasteiger partial charge in [0.25, 0.3) is 0 Å². The van der Waals surface area contributed by atoms with Gasteiger partial charge >= 0.3 is 6.09 Å². The quantitative estimate of drug-likeness (QED) is 0.189. The topological polar surface area (TPSA) is 117 Å². The molecule has 1 fully saturated rings. The Morgan fingerprint density at radius 2 is 1.53 bits per heavy atom. The van der Waals surface area contributed by atoms with E-state index in [4.69, 9.17) is 4.74 Å². The molecule has 4 aromatic carbocycles. The molecule has 2 amide bonds. The van der Waals surface area contributed by atoms with Crippen molar-refractivity contribution in [2.45, 2.75) is 48.7 Å². The third-order valence-electron chi connectivity index (χ3n) is 8.53. The molecule has 3 N–H and O–H groups in total. The number of anilines is 1. The first kappa shape index (κ1) is 35.6. The van der Waals surface area contributed by atoms with Crippen LogP contribution >= 0.6 is 0 Å². The second kappa shape index (κ2) is 15.7. The van der Waals surface area contributed by atoms with Gasteiger partial charge in [-0.15, -0.1) is 0 Å². The molecule has 4 aromatic rings. The van der Waals surface area contributed by atoms with E-state index < -0.39 is 57.5 Å². The van der Waals surface area contributed by atoms with Crippen LogP contribution in [-0.2, 0) is 26.0 Å². The van der Waals surface area contributed by atoms with E-state index in [1.54, 1.807) is 37.3 Å². The number of carbonyl (C=O) groups excluding carboxylic acids is 2. The van der Waals surface area contributed by atoms with E-state index in [-0.39, 0.29) is 46.2 Å². The molecular formula is C36H37F3N4O5S. The molecule has 0 saturated carbocycles. The molecule has 49 heavy (non-hydrogen) atoms. The first-order valence-electron chi connectivity index (χ1n) is 15.7. The molecule has 0 aliphatic carbocycles. The summed E-state index contributed by atoms with van der Waals surface area (Å²) in [6.07, 6.45) is -0.711. The van der Waals surface area contributed by atoms with Crippen LogP contribution in [0, 0.1) is 17.5 Å². The number of benzene rings is 4. The Labute approximate surface area is 283 Å². The Morgan fingerprint density at radius 3 is 2.14 bits per heavy atom. The Morgan fingerprint density at radius 1 is 0.898 bits per heavy atom. The average Bonchev–Trinajstić information content (AvgIpc) is 3.08. The number of nitrogens with one attached hydrogen (secondary N) is 3. The van der Waals surface area contributed by atoms with Crippen LogP contribution < -0.4 is 16.0 Å². The molecule has 1 heterocycles. The minimum atomic E-state index is -3.87. The molecule has 5 rings (SSSR count). The summed E-state index contributed by atoms with van der Waals surface area (Å²) in [4.78, 5) is 26.8. The van der Waals surface area contributed by atoms with Gasteiger partial charge in [-0.3, -0.25) is 4.79 Å². The lowest BCUT2D eigenvalue weighted by atomic mass is 9.84. The Kier molecular flexibility index (Phi) is 11.4. The van der Waals surface area contributed by atoms with Crippen molar-refractivity contribution in [1.82, 2.24) is 14.9 Å². The number of carbonyl (C=O) groups is 2.